The summed E-state index contributed by atoms with van der Waals surface area (Å²) >= 11 is 0. The molecule has 0 spiro atoms. The Labute approximate surface area is 146 Å². The molecule has 0 aliphatic heterocycles. The van der Waals surface area contributed by atoms with Crippen molar-refractivity contribution in [2.24, 2.45) is 16.7 Å². The number of allylic oxidation sites excluding steroid dienone is 2. The second-order valence-electron chi connectivity index (χ2n) is 9.09. The van der Waals surface area contributed by atoms with E-state index in [9.17, 15) is 20.1 Å². The summed E-state index contributed by atoms with van der Waals surface area (Å²) in [5, 5.41) is 33.6. The number of aliphatic hydroxyl groups is 3. The number of carbonyl (C=O) groups excluding carboxylic acids is 1. The Hall–Kier alpha value is -0.710. The van der Waals surface area contributed by atoms with Gasteiger partial charge in [0.25, 0.3) is 0 Å². The largest absolute Gasteiger partial charge is 0.392 e. The van der Waals surface area contributed by atoms with E-state index < -0.39 is 28.6 Å². The van der Waals surface area contributed by atoms with Crippen LogP contribution < -0.4 is 0 Å². The third-order valence-electron chi connectivity index (χ3n) is 7.48. The summed E-state index contributed by atoms with van der Waals surface area (Å²) in [5.74, 6) is -0.510. The van der Waals surface area contributed by atoms with Gasteiger partial charge in [0, 0.05) is 17.8 Å². The Morgan fingerprint density at radius 1 is 1.12 bits per heavy atom. The molecule has 0 aromatic heterocycles. The minimum Gasteiger partial charge on any atom is -0.392 e. The van der Waals surface area contributed by atoms with Gasteiger partial charge in [-0.1, -0.05) is 26.8 Å². The van der Waals surface area contributed by atoms with E-state index in [2.05, 4.69) is 0 Å². The maximum atomic E-state index is 12.6. The molecule has 2 fully saturated rings. The van der Waals surface area contributed by atoms with Gasteiger partial charge in [0.05, 0.1) is 17.3 Å². The van der Waals surface area contributed by atoms with Crippen LogP contribution in [-0.4, -0.2) is 38.4 Å². The smallest absolute Gasteiger partial charge is 0.158 e. The summed E-state index contributed by atoms with van der Waals surface area (Å²) in [4.78, 5) is 12.6. The number of fused-ring (bicyclic) bond motifs is 1. The number of hydrogen-bond acceptors (Lipinski definition) is 4. The molecule has 5 atom stereocenters. The lowest BCUT2D eigenvalue weighted by molar-refractivity contribution is -0.296. The second kappa shape index (κ2) is 5.93. The van der Waals surface area contributed by atoms with Crippen molar-refractivity contribution in [1.82, 2.24) is 0 Å². The molecule has 2 aliphatic rings. The molecule has 4 nitrogen and oxygen atoms in total. The second-order valence-corrected chi connectivity index (χ2v) is 9.09. The highest BCUT2D eigenvalue weighted by molar-refractivity contribution is 5.94. The van der Waals surface area contributed by atoms with Gasteiger partial charge >= 0.3 is 0 Å². The summed E-state index contributed by atoms with van der Waals surface area (Å²) in [5.41, 5.74) is -2.81. The molecule has 2 aliphatic carbocycles. The standard InChI is InChI=1S/C20H34O4/c1-7-13(2)14(21)12-15-18(5,23)10-11-20(24)17(3,4)9-8-16(22)19(15,20)6/h7,15-16,22-24H,8-12H2,1-6H3/b13-7+/t15-,16-,18+,19-,20+/m0/s1. The van der Waals surface area contributed by atoms with E-state index in [4.69, 9.17) is 0 Å². The number of rotatable bonds is 3. The van der Waals surface area contributed by atoms with Crippen LogP contribution in [0.1, 0.15) is 73.6 Å². The molecule has 4 heteroatoms. The van der Waals surface area contributed by atoms with Crippen molar-refractivity contribution in [1.29, 1.82) is 0 Å². The van der Waals surface area contributed by atoms with Crippen LogP contribution in [0.5, 0.6) is 0 Å². The van der Waals surface area contributed by atoms with Crippen molar-refractivity contribution >= 4 is 5.78 Å². The molecule has 0 amide bonds. The van der Waals surface area contributed by atoms with E-state index in [0.717, 1.165) is 6.42 Å². The lowest BCUT2D eigenvalue weighted by Crippen LogP contribution is -2.72. The average Bonchev–Trinajstić information content (AvgIpc) is 2.50. The van der Waals surface area contributed by atoms with Crippen LogP contribution in [0.25, 0.3) is 0 Å². The average molecular weight is 338 g/mol. The van der Waals surface area contributed by atoms with E-state index in [1.165, 1.54) is 0 Å². The number of carbonyl (C=O) groups is 1. The quantitative estimate of drug-likeness (QED) is 0.691. The van der Waals surface area contributed by atoms with Crippen LogP contribution in [0.3, 0.4) is 0 Å². The van der Waals surface area contributed by atoms with Crippen molar-refractivity contribution in [3.8, 4) is 0 Å². The molecule has 138 valence electrons. The minimum atomic E-state index is -1.10. The molecule has 0 aromatic rings. The molecular formula is C20H34O4. The molecule has 0 unspecified atom stereocenters. The van der Waals surface area contributed by atoms with Gasteiger partial charge in [-0.05, 0) is 57.4 Å². The third kappa shape index (κ3) is 2.58. The van der Waals surface area contributed by atoms with Gasteiger partial charge < -0.3 is 15.3 Å². The highest BCUT2D eigenvalue weighted by Gasteiger charge is 2.69. The monoisotopic (exact) mass is 338 g/mol. The first kappa shape index (κ1) is 19.6. The molecule has 3 N–H and O–H groups in total. The minimum absolute atomic E-state index is 0.0242. The molecule has 0 heterocycles. The highest BCUT2D eigenvalue weighted by Crippen LogP contribution is 2.65. The van der Waals surface area contributed by atoms with Gasteiger partial charge in [-0.15, -0.1) is 0 Å². The molecule has 24 heavy (non-hydrogen) atoms. The zero-order valence-corrected chi connectivity index (χ0v) is 16.0. The zero-order valence-electron chi connectivity index (χ0n) is 16.0. The van der Waals surface area contributed by atoms with Gasteiger partial charge in [0.1, 0.15) is 0 Å². The Kier molecular flexibility index (Phi) is 4.84. The van der Waals surface area contributed by atoms with Crippen LogP contribution >= 0.6 is 0 Å². The van der Waals surface area contributed by atoms with Gasteiger partial charge in [-0.2, -0.15) is 0 Å². The third-order valence-corrected chi connectivity index (χ3v) is 7.48. The van der Waals surface area contributed by atoms with Crippen LogP contribution in [0.15, 0.2) is 11.6 Å². The number of Topliss-reactive ketones (excluding diaryl/α,β-unsaturated/α-hetero) is 1. The topological polar surface area (TPSA) is 77.8 Å². The molecule has 2 saturated carbocycles. The van der Waals surface area contributed by atoms with Gasteiger partial charge in [-0.25, -0.2) is 0 Å². The summed E-state index contributed by atoms with van der Waals surface area (Å²) in [6.45, 7) is 11.3. The molecule has 2 rings (SSSR count). The zero-order chi connectivity index (χ0) is 18.6. The predicted molar refractivity (Wildman–Crippen MR) is 94.5 cm³/mol. The summed E-state index contributed by atoms with van der Waals surface area (Å²) in [7, 11) is 0. The molecule has 0 saturated heterocycles. The summed E-state index contributed by atoms with van der Waals surface area (Å²) < 4.78 is 0. The first-order valence-corrected chi connectivity index (χ1v) is 9.12. The predicted octanol–water partition coefficient (Wildman–Crippen LogP) is 2.99. The Morgan fingerprint density at radius 2 is 1.71 bits per heavy atom. The summed E-state index contributed by atoms with van der Waals surface area (Å²) in [6.07, 6.45) is 3.37. The van der Waals surface area contributed by atoms with Crippen molar-refractivity contribution in [2.75, 3.05) is 0 Å². The first-order valence-electron chi connectivity index (χ1n) is 9.12. The molecule has 0 bridgehead atoms. The molecular weight excluding hydrogens is 304 g/mol. The maximum absolute atomic E-state index is 12.6. The van der Waals surface area contributed by atoms with Crippen molar-refractivity contribution in [3.05, 3.63) is 11.6 Å². The van der Waals surface area contributed by atoms with E-state index in [-0.39, 0.29) is 17.6 Å². The van der Waals surface area contributed by atoms with Crippen molar-refractivity contribution in [3.63, 3.8) is 0 Å². The Bertz CT molecular complexity index is 548. The fourth-order valence-corrected chi connectivity index (χ4v) is 5.33. The lowest BCUT2D eigenvalue weighted by Gasteiger charge is -2.67. The Balaban J connectivity index is 2.54. The van der Waals surface area contributed by atoms with E-state index >= 15 is 0 Å². The van der Waals surface area contributed by atoms with Crippen LogP contribution in [0.4, 0.5) is 0 Å². The number of hydrogen-bond donors (Lipinski definition) is 3. The van der Waals surface area contributed by atoms with Crippen LogP contribution in [-0.2, 0) is 4.79 Å². The molecule has 0 aromatic carbocycles. The van der Waals surface area contributed by atoms with Crippen LogP contribution in [0, 0.1) is 16.7 Å². The first-order chi connectivity index (χ1) is 10.8. The van der Waals surface area contributed by atoms with Gasteiger partial charge in [-0.3, -0.25) is 4.79 Å². The van der Waals surface area contributed by atoms with Crippen LogP contribution in [0.2, 0.25) is 0 Å². The fourth-order valence-electron chi connectivity index (χ4n) is 5.33. The number of aliphatic hydroxyl groups excluding tert-OH is 1. The van der Waals surface area contributed by atoms with Gasteiger partial charge in [0.2, 0.25) is 0 Å². The van der Waals surface area contributed by atoms with E-state index in [0.29, 0.717) is 24.8 Å². The molecule has 0 radical (unpaired) electrons. The SMILES string of the molecule is C/C=C(\C)C(=O)C[C@@H]1[C@@]2(C)[C@@H](O)CCC(C)(C)[C@]2(O)CC[C@@]1(C)O. The summed E-state index contributed by atoms with van der Waals surface area (Å²) in [6, 6.07) is 0. The van der Waals surface area contributed by atoms with Crippen molar-refractivity contribution < 1.29 is 20.1 Å². The maximum Gasteiger partial charge on any atom is 0.158 e. The van der Waals surface area contributed by atoms with E-state index in [1.54, 1.807) is 19.9 Å². The fraction of sp³-hybridized carbons (Fsp3) is 0.850. The van der Waals surface area contributed by atoms with Gasteiger partial charge in [0.15, 0.2) is 5.78 Å². The Morgan fingerprint density at radius 3 is 2.25 bits per heavy atom. The van der Waals surface area contributed by atoms with E-state index in [1.807, 2.05) is 27.7 Å². The normalized spacial score (nSPS) is 45.6. The lowest BCUT2D eigenvalue weighted by atomic mass is 9.41. The van der Waals surface area contributed by atoms with Crippen molar-refractivity contribution in [2.45, 2.75) is 91.0 Å². The highest BCUT2D eigenvalue weighted by atomic mass is 16.3. The number of ketones is 1.